The fraction of sp³-hybridized carbons (Fsp3) is 0. The number of para-hydroxylation sites is 6. The zero-order valence-corrected chi connectivity index (χ0v) is 27.6. The lowest BCUT2D eigenvalue weighted by Crippen LogP contribution is -2.06. The van der Waals surface area contributed by atoms with Gasteiger partial charge in [-0.05, 0) is 48.5 Å². The van der Waals surface area contributed by atoms with Crippen molar-refractivity contribution in [1.29, 1.82) is 0 Å². The second-order valence-electron chi connectivity index (χ2n) is 13.8. The van der Waals surface area contributed by atoms with Gasteiger partial charge in [-0.2, -0.15) is 4.98 Å². The van der Waals surface area contributed by atoms with E-state index in [1.165, 1.54) is 48.9 Å². The van der Waals surface area contributed by atoms with Crippen LogP contribution in [0.2, 0.25) is 0 Å². The molecule has 0 spiro atoms. The van der Waals surface area contributed by atoms with Crippen LogP contribution in [0.1, 0.15) is 0 Å². The van der Waals surface area contributed by atoms with E-state index in [1.54, 1.807) is 0 Å². The highest BCUT2D eigenvalue weighted by atomic mass is 16.3. The predicted molar refractivity (Wildman–Crippen MR) is 213 cm³/mol. The molecule has 0 aliphatic rings. The number of aromatic nitrogens is 5. The van der Waals surface area contributed by atoms with Crippen molar-refractivity contribution in [3.05, 3.63) is 152 Å². The van der Waals surface area contributed by atoms with Gasteiger partial charge in [-0.25, -0.2) is 4.98 Å². The molecule has 0 radical (unpaired) electrons. The summed E-state index contributed by atoms with van der Waals surface area (Å²) >= 11 is 0. The summed E-state index contributed by atoms with van der Waals surface area (Å²) < 4.78 is 13.7. The van der Waals surface area contributed by atoms with Gasteiger partial charge in [0, 0.05) is 48.5 Å². The van der Waals surface area contributed by atoms with Crippen LogP contribution in [0.25, 0.3) is 116 Å². The Bertz CT molecular complexity index is 3600. The van der Waals surface area contributed by atoms with Gasteiger partial charge in [-0.3, -0.25) is 9.13 Å². The molecule has 0 atom stereocenters. The number of rotatable bonds is 2. The first kappa shape index (κ1) is 26.7. The Hall–Kier alpha value is -7.18. The highest BCUT2D eigenvalue weighted by Crippen LogP contribution is 2.47. The lowest BCUT2D eigenvalue weighted by atomic mass is 10.0. The Balaban J connectivity index is 1.27. The van der Waals surface area contributed by atoms with Crippen LogP contribution in [0.3, 0.4) is 0 Å². The number of benzene rings is 7. The van der Waals surface area contributed by atoms with Crippen molar-refractivity contribution < 1.29 is 4.42 Å². The van der Waals surface area contributed by atoms with E-state index in [0.717, 1.165) is 49.3 Å². The van der Waals surface area contributed by atoms with Gasteiger partial charge in [-0.1, -0.05) is 103 Å². The number of hydrogen-bond donors (Lipinski definition) is 0. The summed E-state index contributed by atoms with van der Waals surface area (Å²) in [5, 5.41) is 10.6. The van der Waals surface area contributed by atoms with Crippen LogP contribution in [-0.2, 0) is 0 Å². The Morgan fingerprint density at radius 3 is 1.58 bits per heavy atom. The van der Waals surface area contributed by atoms with Crippen molar-refractivity contribution in [2.45, 2.75) is 0 Å². The van der Waals surface area contributed by atoms with Gasteiger partial charge in [0.1, 0.15) is 11.1 Å². The lowest BCUT2D eigenvalue weighted by molar-refractivity contribution is 0.661. The van der Waals surface area contributed by atoms with Gasteiger partial charge in [0.15, 0.2) is 11.4 Å². The van der Waals surface area contributed by atoms with Gasteiger partial charge >= 0.3 is 0 Å². The quantitative estimate of drug-likeness (QED) is 0.185. The fourth-order valence-corrected chi connectivity index (χ4v) is 9.15. The SMILES string of the molecule is c1ccc2c(c1)oc1c(-n3c4ccccc4c4c5c6ccccc6n6c7ccccc7c(cc43)c56)nc(-n3c4ccccc4c4ccccc43)nc12. The van der Waals surface area contributed by atoms with E-state index in [2.05, 4.69) is 147 Å². The highest BCUT2D eigenvalue weighted by Gasteiger charge is 2.27. The lowest BCUT2D eigenvalue weighted by Gasteiger charge is -2.12. The number of furan rings is 1. The van der Waals surface area contributed by atoms with E-state index < -0.39 is 0 Å². The van der Waals surface area contributed by atoms with Crippen LogP contribution in [0.15, 0.2) is 156 Å². The Kier molecular flexibility index (Phi) is 4.78. The first-order chi connectivity index (χ1) is 25.8. The molecule has 0 fully saturated rings. The Labute approximate surface area is 294 Å². The fourth-order valence-electron chi connectivity index (χ4n) is 9.15. The molecule has 0 unspecified atom stereocenters. The zero-order valence-electron chi connectivity index (χ0n) is 27.6. The van der Waals surface area contributed by atoms with Crippen LogP contribution in [-0.4, -0.2) is 23.5 Å². The smallest absolute Gasteiger partial charge is 0.237 e. The van der Waals surface area contributed by atoms with Crippen molar-refractivity contribution in [3.8, 4) is 11.8 Å². The van der Waals surface area contributed by atoms with Crippen molar-refractivity contribution in [1.82, 2.24) is 23.5 Å². The van der Waals surface area contributed by atoms with Crippen LogP contribution in [0.5, 0.6) is 0 Å². The van der Waals surface area contributed by atoms with E-state index in [1.807, 2.05) is 18.2 Å². The molecular weight excluding hydrogens is 639 g/mol. The summed E-state index contributed by atoms with van der Waals surface area (Å²) in [6, 6.07) is 53.8. The second-order valence-corrected chi connectivity index (χ2v) is 13.8. The third-order valence-corrected chi connectivity index (χ3v) is 11.2. The number of fused-ring (bicyclic) bond motifs is 16. The average Bonchev–Trinajstić information content (AvgIpc) is 3.99. The minimum atomic E-state index is 0.602. The van der Waals surface area contributed by atoms with E-state index in [9.17, 15) is 0 Å². The summed E-state index contributed by atoms with van der Waals surface area (Å²) in [5.74, 6) is 1.32. The molecule has 7 aromatic carbocycles. The normalized spacial score (nSPS) is 12.6. The standard InChI is InChI=1S/C46H25N5O/c1-8-20-34-26(13-1)27-14-2-9-21-35(27)51(34)46-47-42-31-18-6-12-24-39(31)52-44(42)45(48-46)50-37-23-11-4-16-29(37)40-38(50)25-32-28-15-3-7-19-33(28)49-36-22-10-5-17-30(36)41(40)43(32)49/h1-25H. The Morgan fingerprint density at radius 2 is 0.904 bits per heavy atom. The maximum Gasteiger partial charge on any atom is 0.237 e. The minimum absolute atomic E-state index is 0.602. The third-order valence-electron chi connectivity index (χ3n) is 11.2. The minimum Gasteiger partial charge on any atom is -0.450 e. The summed E-state index contributed by atoms with van der Waals surface area (Å²) in [6.07, 6.45) is 0. The van der Waals surface area contributed by atoms with Crippen molar-refractivity contribution in [2.24, 2.45) is 0 Å². The summed E-state index contributed by atoms with van der Waals surface area (Å²) in [4.78, 5) is 10.9. The van der Waals surface area contributed by atoms with Crippen LogP contribution >= 0.6 is 0 Å². The molecule has 13 rings (SSSR count). The topological polar surface area (TPSA) is 53.2 Å². The molecule has 52 heavy (non-hydrogen) atoms. The molecule has 6 heterocycles. The van der Waals surface area contributed by atoms with Crippen molar-refractivity contribution in [2.75, 3.05) is 0 Å². The van der Waals surface area contributed by atoms with Gasteiger partial charge in [0.05, 0.1) is 38.6 Å². The molecule has 0 aliphatic carbocycles. The first-order valence-corrected chi connectivity index (χ1v) is 17.6. The van der Waals surface area contributed by atoms with Gasteiger partial charge in [0.2, 0.25) is 5.95 Å². The van der Waals surface area contributed by atoms with E-state index >= 15 is 0 Å². The zero-order chi connectivity index (χ0) is 33.7. The average molecular weight is 664 g/mol. The maximum atomic E-state index is 6.76. The second kappa shape index (κ2) is 9.33. The van der Waals surface area contributed by atoms with E-state index in [-0.39, 0.29) is 0 Å². The molecule has 6 heteroatoms. The van der Waals surface area contributed by atoms with Crippen LogP contribution < -0.4 is 0 Å². The Morgan fingerprint density at radius 1 is 0.404 bits per heavy atom. The monoisotopic (exact) mass is 663 g/mol. The van der Waals surface area contributed by atoms with E-state index in [0.29, 0.717) is 17.3 Å². The molecule has 240 valence electrons. The van der Waals surface area contributed by atoms with Crippen molar-refractivity contribution in [3.63, 3.8) is 0 Å². The van der Waals surface area contributed by atoms with E-state index in [4.69, 9.17) is 14.4 Å². The summed E-state index contributed by atoms with van der Waals surface area (Å²) in [7, 11) is 0. The number of nitrogens with zero attached hydrogens (tertiary/aromatic N) is 5. The molecule has 0 saturated carbocycles. The summed E-state index contributed by atoms with van der Waals surface area (Å²) in [5.41, 5.74) is 10.2. The molecule has 0 saturated heterocycles. The largest absolute Gasteiger partial charge is 0.450 e. The molecular formula is C46H25N5O. The molecule has 13 aromatic rings. The van der Waals surface area contributed by atoms with Crippen LogP contribution in [0, 0.1) is 0 Å². The van der Waals surface area contributed by atoms with Crippen molar-refractivity contribution >= 4 is 104 Å². The van der Waals surface area contributed by atoms with Gasteiger partial charge in [-0.15, -0.1) is 0 Å². The van der Waals surface area contributed by atoms with Gasteiger partial charge < -0.3 is 8.82 Å². The van der Waals surface area contributed by atoms with Crippen LogP contribution in [0.4, 0.5) is 0 Å². The third kappa shape index (κ3) is 3.12. The first-order valence-electron chi connectivity index (χ1n) is 17.6. The maximum absolute atomic E-state index is 6.76. The molecule has 6 aromatic heterocycles. The predicted octanol–water partition coefficient (Wildman–Crippen LogP) is 11.7. The molecule has 0 N–H and O–H groups in total. The molecule has 0 aliphatic heterocycles. The number of hydrogen-bond acceptors (Lipinski definition) is 3. The summed E-state index contributed by atoms with van der Waals surface area (Å²) in [6.45, 7) is 0. The van der Waals surface area contributed by atoms with Gasteiger partial charge in [0.25, 0.3) is 0 Å². The molecule has 0 amide bonds. The molecule has 6 nitrogen and oxygen atoms in total. The highest BCUT2D eigenvalue weighted by molar-refractivity contribution is 6.35. The molecule has 0 bridgehead atoms.